The second-order valence-electron chi connectivity index (χ2n) is 5.21. The van der Waals surface area contributed by atoms with Crippen LogP contribution in [-0.2, 0) is 0 Å². The molecule has 4 rings (SSSR count). The summed E-state index contributed by atoms with van der Waals surface area (Å²) < 4.78 is 0. The molecule has 1 nitrogen and oxygen atoms in total. The quantitative estimate of drug-likeness (QED) is 0.460. The number of rotatable bonds is 2. The van der Waals surface area contributed by atoms with Gasteiger partial charge in [0.15, 0.2) is 0 Å². The highest BCUT2D eigenvalue weighted by Crippen LogP contribution is 2.21. The van der Waals surface area contributed by atoms with E-state index in [0.717, 1.165) is 11.4 Å². The van der Waals surface area contributed by atoms with Crippen molar-refractivity contribution < 1.29 is 0 Å². The molecular formula is C22H19N. The summed E-state index contributed by atoms with van der Waals surface area (Å²) >= 11 is 0. The van der Waals surface area contributed by atoms with Crippen LogP contribution in [0, 0.1) is 0 Å². The minimum Gasteiger partial charge on any atom is -0.356 e. The van der Waals surface area contributed by atoms with Gasteiger partial charge in [0.2, 0.25) is 0 Å². The second kappa shape index (κ2) is 7.81. The van der Waals surface area contributed by atoms with Crippen LogP contribution in [0.4, 0.5) is 11.4 Å². The Labute approximate surface area is 137 Å². The minimum atomic E-state index is 1.11. The third kappa shape index (κ3) is 4.45. The summed E-state index contributed by atoms with van der Waals surface area (Å²) in [6, 6.07) is 37.0. The first kappa shape index (κ1) is 14.9. The van der Waals surface area contributed by atoms with E-state index >= 15 is 0 Å². The molecular weight excluding hydrogens is 278 g/mol. The van der Waals surface area contributed by atoms with Crippen LogP contribution in [0.3, 0.4) is 0 Å². The van der Waals surface area contributed by atoms with Crippen molar-refractivity contribution >= 4 is 22.1 Å². The van der Waals surface area contributed by atoms with E-state index in [2.05, 4.69) is 59.9 Å². The first-order chi connectivity index (χ1) is 11.4. The molecule has 0 bridgehead atoms. The Bertz CT molecular complexity index is 812. The van der Waals surface area contributed by atoms with Gasteiger partial charge >= 0.3 is 0 Å². The zero-order valence-corrected chi connectivity index (χ0v) is 12.9. The van der Waals surface area contributed by atoms with Gasteiger partial charge in [-0.05, 0) is 35.0 Å². The number of hydrogen-bond donors (Lipinski definition) is 1. The Hall–Kier alpha value is -3.06. The van der Waals surface area contributed by atoms with E-state index in [4.69, 9.17) is 0 Å². The predicted octanol–water partition coefficient (Wildman–Crippen LogP) is 6.27. The summed E-state index contributed by atoms with van der Waals surface area (Å²) in [6.07, 6.45) is 0. The Morgan fingerprint density at radius 2 is 0.913 bits per heavy atom. The lowest BCUT2D eigenvalue weighted by molar-refractivity contribution is 1.57. The molecule has 0 saturated carbocycles. The number of para-hydroxylation sites is 1. The zero-order valence-electron chi connectivity index (χ0n) is 12.9. The second-order valence-corrected chi connectivity index (χ2v) is 5.21. The maximum absolute atomic E-state index is 3.40. The molecule has 0 atom stereocenters. The molecule has 4 aromatic carbocycles. The molecule has 0 fully saturated rings. The summed E-state index contributed by atoms with van der Waals surface area (Å²) in [5.41, 5.74) is 2.23. The van der Waals surface area contributed by atoms with Crippen molar-refractivity contribution in [3.63, 3.8) is 0 Å². The lowest BCUT2D eigenvalue weighted by Gasteiger charge is -2.07. The molecule has 0 unspecified atom stereocenters. The first-order valence-corrected chi connectivity index (χ1v) is 7.73. The van der Waals surface area contributed by atoms with Crippen molar-refractivity contribution in [2.24, 2.45) is 0 Å². The Kier molecular flexibility index (Phi) is 5.04. The number of benzene rings is 4. The fourth-order valence-electron chi connectivity index (χ4n) is 2.34. The summed E-state index contributed by atoms with van der Waals surface area (Å²) in [7, 11) is 0. The van der Waals surface area contributed by atoms with Gasteiger partial charge in [0.05, 0.1) is 0 Å². The fraction of sp³-hybridized carbons (Fsp3) is 0. The summed E-state index contributed by atoms with van der Waals surface area (Å²) in [4.78, 5) is 0. The number of nitrogens with one attached hydrogen (secondary N) is 1. The first-order valence-electron chi connectivity index (χ1n) is 7.73. The normalized spacial score (nSPS) is 9.74. The topological polar surface area (TPSA) is 12.0 Å². The summed E-state index contributed by atoms with van der Waals surface area (Å²) in [5.74, 6) is 0. The van der Waals surface area contributed by atoms with Gasteiger partial charge in [-0.2, -0.15) is 0 Å². The predicted molar refractivity (Wildman–Crippen MR) is 100 cm³/mol. The maximum atomic E-state index is 3.40. The molecule has 4 aromatic rings. The van der Waals surface area contributed by atoms with Crippen LogP contribution in [0.2, 0.25) is 0 Å². The van der Waals surface area contributed by atoms with Crippen molar-refractivity contribution in [2.45, 2.75) is 0 Å². The van der Waals surface area contributed by atoms with Crippen molar-refractivity contribution in [2.75, 3.05) is 5.32 Å². The van der Waals surface area contributed by atoms with E-state index in [1.807, 2.05) is 54.6 Å². The third-order valence-electron chi connectivity index (χ3n) is 3.48. The molecule has 0 amide bonds. The Morgan fingerprint density at radius 3 is 1.57 bits per heavy atom. The van der Waals surface area contributed by atoms with Gasteiger partial charge in [-0.25, -0.2) is 0 Å². The Balaban J connectivity index is 0.000000220. The van der Waals surface area contributed by atoms with Crippen molar-refractivity contribution in [1.29, 1.82) is 0 Å². The molecule has 0 heterocycles. The molecule has 0 saturated heterocycles. The van der Waals surface area contributed by atoms with Crippen molar-refractivity contribution in [3.05, 3.63) is 109 Å². The van der Waals surface area contributed by atoms with Crippen molar-refractivity contribution in [3.8, 4) is 0 Å². The third-order valence-corrected chi connectivity index (χ3v) is 3.48. The molecule has 23 heavy (non-hydrogen) atoms. The lowest BCUT2D eigenvalue weighted by Crippen LogP contribution is -1.89. The summed E-state index contributed by atoms with van der Waals surface area (Å²) in [5, 5.41) is 5.92. The largest absolute Gasteiger partial charge is 0.356 e. The molecule has 1 N–H and O–H groups in total. The number of anilines is 2. The molecule has 112 valence electrons. The van der Waals surface area contributed by atoms with Gasteiger partial charge in [0, 0.05) is 11.4 Å². The molecule has 0 spiro atoms. The van der Waals surface area contributed by atoms with Crippen molar-refractivity contribution in [1.82, 2.24) is 0 Å². The SMILES string of the molecule is c1ccc(Nc2ccc3ccccc3c2)cc1.c1ccccc1. The van der Waals surface area contributed by atoms with E-state index < -0.39 is 0 Å². The van der Waals surface area contributed by atoms with E-state index in [0.29, 0.717) is 0 Å². The molecule has 1 heteroatoms. The van der Waals surface area contributed by atoms with Crippen LogP contribution >= 0.6 is 0 Å². The minimum absolute atomic E-state index is 1.11. The van der Waals surface area contributed by atoms with Crippen LogP contribution in [-0.4, -0.2) is 0 Å². The van der Waals surface area contributed by atoms with Gasteiger partial charge in [-0.15, -0.1) is 0 Å². The van der Waals surface area contributed by atoms with E-state index in [1.165, 1.54) is 10.8 Å². The smallest absolute Gasteiger partial charge is 0.0390 e. The molecule has 0 aliphatic rings. The highest BCUT2D eigenvalue weighted by Gasteiger charge is 1.96. The fourth-order valence-corrected chi connectivity index (χ4v) is 2.34. The van der Waals surface area contributed by atoms with Gasteiger partial charge < -0.3 is 5.32 Å². The standard InChI is InChI=1S/C16H13N.C6H6/c1-2-8-15(9-3-1)17-16-11-10-13-6-4-5-7-14(13)12-16;1-2-4-6-5-3-1/h1-12,17H;1-6H. The van der Waals surface area contributed by atoms with E-state index in [9.17, 15) is 0 Å². The molecule has 0 radical (unpaired) electrons. The average Bonchev–Trinajstić information content (AvgIpc) is 2.64. The van der Waals surface area contributed by atoms with E-state index in [1.54, 1.807) is 0 Å². The Morgan fingerprint density at radius 1 is 0.391 bits per heavy atom. The van der Waals surface area contributed by atoms with Crippen LogP contribution in [0.5, 0.6) is 0 Å². The molecule has 0 aliphatic heterocycles. The highest BCUT2D eigenvalue weighted by atomic mass is 14.9. The number of fused-ring (bicyclic) bond motifs is 1. The van der Waals surface area contributed by atoms with Crippen LogP contribution in [0.25, 0.3) is 10.8 Å². The average molecular weight is 297 g/mol. The van der Waals surface area contributed by atoms with E-state index in [-0.39, 0.29) is 0 Å². The van der Waals surface area contributed by atoms with Gasteiger partial charge in [-0.3, -0.25) is 0 Å². The monoisotopic (exact) mass is 297 g/mol. The van der Waals surface area contributed by atoms with Crippen LogP contribution in [0.15, 0.2) is 109 Å². The maximum Gasteiger partial charge on any atom is 0.0390 e. The zero-order chi connectivity index (χ0) is 15.7. The van der Waals surface area contributed by atoms with Crippen LogP contribution in [0.1, 0.15) is 0 Å². The summed E-state index contributed by atoms with van der Waals surface area (Å²) in [6.45, 7) is 0. The highest BCUT2D eigenvalue weighted by molar-refractivity contribution is 5.86. The number of hydrogen-bond acceptors (Lipinski definition) is 1. The van der Waals surface area contributed by atoms with Gasteiger partial charge in [0.1, 0.15) is 0 Å². The molecule has 0 aromatic heterocycles. The molecule has 0 aliphatic carbocycles. The van der Waals surface area contributed by atoms with Gasteiger partial charge in [0.25, 0.3) is 0 Å². The van der Waals surface area contributed by atoms with Crippen LogP contribution < -0.4 is 5.32 Å². The lowest BCUT2D eigenvalue weighted by atomic mass is 10.1. The van der Waals surface area contributed by atoms with Gasteiger partial charge in [-0.1, -0.05) is 84.9 Å².